The van der Waals surface area contributed by atoms with Gasteiger partial charge in [-0.2, -0.15) is 0 Å². The molecule has 1 N–H and O–H groups in total. The maximum absolute atomic E-state index is 12.4. The SMILES string of the molecule is CCC(CC)(CC(=O)N(CCCOC)CCOC)C(=O)O. The van der Waals surface area contributed by atoms with Gasteiger partial charge in [-0.3, -0.25) is 9.59 Å². The summed E-state index contributed by atoms with van der Waals surface area (Å²) in [7, 11) is 3.20. The number of aliphatic carboxylic acids is 1. The number of ether oxygens (including phenoxy) is 2. The number of methoxy groups -OCH3 is 2. The van der Waals surface area contributed by atoms with Crippen LogP contribution in [0.25, 0.3) is 0 Å². The van der Waals surface area contributed by atoms with Crippen LogP contribution < -0.4 is 0 Å². The van der Waals surface area contributed by atoms with Crippen molar-refractivity contribution in [1.82, 2.24) is 4.90 Å². The summed E-state index contributed by atoms with van der Waals surface area (Å²) >= 11 is 0. The highest BCUT2D eigenvalue weighted by atomic mass is 16.5. The third kappa shape index (κ3) is 6.44. The molecule has 0 aromatic carbocycles. The minimum Gasteiger partial charge on any atom is -0.481 e. The first-order chi connectivity index (χ1) is 9.97. The molecule has 0 fully saturated rings. The molecular formula is C15H29NO5. The van der Waals surface area contributed by atoms with E-state index in [0.717, 1.165) is 6.42 Å². The molecule has 0 rings (SSSR count). The third-order valence-electron chi connectivity index (χ3n) is 3.99. The van der Waals surface area contributed by atoms with Gasteiger partial charge in [-0.05, 0) is 19.3 Å². The van der Waals surface area contributed by atoms with E-state index in [9.17, 15) is 14.7 Å². The van der Waals surface area contributed by atoms with Crippen LogP contribution in [0.2, 0.25) is 0 Å². The standard InChI is InChI=1S/C15H29NO5/c1-5-15(6-2,14(18)19)12-13(17)16(9-11-21-4)8-7-10-20-3/h5-12H2,1-4H3,(H,18,19). The lowest BCUT2D eigenvalue weighted by Crippen LogP contribution is -2.41. The van der Waals surface area contributed by atoms with Crippen molar-refractivity contribution in [3.8, 4) is 0 Å². The molecule has 124 valence electrons. The summed E-state index contributed by atoms with van der Waals surface area (Å²) in [5.41, 5.74) is -0.969. The summed E-state index contributed by atoms with van der Waals surface area (Å²) in [5, 5.41) is 9.43. The van der Waals surface area contributed by atoms with E-state index in [1.165, 1.54) is 0 Å². The molecule has 0 atom stereocenters. The van der Waals surface area contributed by atoms with Crippen LogP contribution in [-0.4, -0.2) is 62.4 Å². The Morgan fingerprint density at radius 1 is 1.05 bits per heavy atom. The largest absolute Gasteiger partial charge is 0.481 e. The lowest BCUT2D eigenvalue weighted by atomic mass is 9.79. The molecule has 1 amide bonds. The first-order valence-corrected chi connectivity index (χ1v) is 7.46. The normalized spacial score (nSPS) is 11.4. The lowest BCUT2D eigenvalue weighted by molar-refractivity contribution is -0.154. The average molecular weight is 303 g/mol. The van der Waals surface area contributed by atoms with Crippen molar-refractivity contribution in [3.63, 3.8) is 0 Å². The predicted octanol–water partition coefficient (Wildman–Crippen LogP) is 1.78. The van der Waals surface area contributed by atoms with Crippen LogP contribution in [0.15, 0.2) is 0 Å². The van der Waals surface area contributed by atoms with E-state index in [1.807, 2.05) is 13.8 Å². The van der Waals surface area contributed by atoms with Crippen LogP contribution in [-0.2, 0) is 19.1 Å². The fraction of sp³-hybridized carbons (Fsp3) is 0.867. The zero-order chi connectivity index (χ0) is 16.3. The van der Waals surface area contributed by atoms with Crippen molar-refractivity contribution in [1.29, 1.82) is 0 Å². The molecule has 0 saturated carbocycles. The number of carboxylic acid groups (broad SMARTS) is 1. The summed E-state index contributed by atoms with van der Waals surface area (Å²) in [4.78, 5) is 25.6. The molecule has 0 saturated heterocycles. The van der Waals surface area contributed by atoms with Crippen LogP contribution in [0.5, 0.6) is 0 Å². The molecule has 0 unspecified atom stereocenters. The van der Waals surface area contributed by atoms with Crippen LogP contribution >= 0.6 is 0 Å². The predicted molar refractivity (Wildman–Crippen MR) is 80.2 cm³/mol. The number of rotatable bonds is 12. The van der Waals surface area contributed by atoms with Gasteiger partial charge in [0.25, 0.3) is 0 Å². The Kier molecular flexibility index (Phi) is 9.99. The molecule has 0 aliphatic rings. The third-order valence-corrected chi connectivity index (χ3v) is 3.99. The molecular weight excluding hydrogens is 274 g/mol. The van der Waals surface area contributed by atoms with Gasteiger partial charge in [0, 0.05) is 40.3 Å². The summed E-state index contributed by atoms with van der Waals surface area (Å²) in [5.74, 6) is -1.03. The van der Waals surface area contributed by atoms with Gasteiger partial charge in [0.1, 0.15) is 0 Å². The van der Waals surface area contributed by atoms with Gasteiger partial charge in [0.2, 0.25) is 5.91 Å². The average Bonchev–Trinajstić information content (AvgIpc) is 2.47. The Bertz CT molecular complexity index is 315. The van der Waals surface area contributed by atoms with Crippen LogP contribution in [0.1, 0.15) is 39.5 Å². The minimum atomic E-state index is -0.969. The Balaban J connectivity index is 4.79. The molecule has 21 heavy (non-hydrogen) atoms. The highest BCUT2D eigenvalue weighted by Crippen LogP contribution is 2.31. The van der Waals surface area contributed by atoms with E-state index in [1.54, 1.807) is 19.1 Å². The van der Waals surface area contributed by atoms with E-state index in [4.69, 9.17) is 9.47 Å². The van der Waals surface area contributed by atoms with E-state index in [2.05, 4.69) is 0 Å². The number of carboxylic acids is 1. The summed E-state index contributed by atoms with van der Waals surface area (Å²) in [6.07, 6.45) is 1.65. The summed E-state index contributed by atoms with van der Waals surface area (Å²) < 4.78 is 10.0. The Labute approximate surface area is 127 Å². The van der Waals surface area contributed by atoms with E-state index >= 15 is 0 Å². The first-order valence-electron chi connectivity index (χ1n) is 7.46. The topological polar surface area (TPSA) is 76.1 Å². The van der Waals surface area contributed by atoms with Gasteiger partial charge >= 0.3 is 5.97 Å². The second-order valence-electron chi connectivity index (χ2n) is 5.19. The minimum absolute atomic E-state index is 0.0338. The fourth-order valence-corrected chi connectivity index (χ4v) is 2.24. The fourth-order valence-electron chi connectivity index (χ4n) is 2.24. The Morgan fingerprint density at radius 2 is 1.62 bits per heavy atom. The smallest absolute Gasteiger partial charge is 0.310 e. The molecule has 0 bridgehead atoms. The maximum atomic E-state index is 12.4. The maximum Gasteiger partial charge on any atom is 0.310 e. The number of hydrogen-bond acceptors (Lipinski definition) is 4. The van der Waals surface area contributed by atoms with Gasteiger partial charge in [-0.15, -0.1) is 0 Å². The van der Waals surface area contributed by atoms with Gasteiger partial charge in [-0.1, -0.05) is 13.8 Å². The zero-order valence-electron chi connectivity index (χ0n) is 13.7. The van der Waals surface area contributed by atoms with Crippen LogP contribution in [0.3, 0.4) is 0 Å². The van der Waals surface area contributed by atoms with Crippen LogP contribution in [0.4, 0.5) is 0 Å². The second kappa shape index (κ2) is 10.6. The van der Waals surface area contributed by atoms with Crippen LogP contribution in [0, 0.1) is 5.41 Å². The van der Waals surface area contributed by atoms with Gasteiger partial charge in [0.15, 0.2) is 0 Å². The molecule has 0 spiro atoms. The number of carbonyl (C=O) groups excluding carboxylic acids is 1. The number of nitrogens with zero attached hydrogens (tertiary/aromatic N) is 1. The highest BCUT2D eigenvalue weighted by molar-refractivity contribution is 5.85. The zero-order valence-corrected chi connectivity index (χ0v) is 13.7. The number of hydrogen-bond donors (Lipinski definition) is 1. The summed E-state index contributed by atoms with van der Waals surface area (Å²) in [6, 6.07) is 0. The van der Waals surface area contributed by atoms with Crippen molar-refractivity contribution in [3.05, 3.63) is 0 Å². The van der Waals surface area contributed by atoms with Crippen molar-refractivity contribution >= 4 is 11.9 Å². The molecule has 0 heterocycles. The van der Waals surface area contributed by atoms with E-state index in [0.29, 0.717) is 39.1 Å². The van der Waals surface area contributed by atoms with E-state index < -0.39 is 11.4 Å². The molecule has 0 aromatic rings. The molecule has 0 radical (unpaired) electrons. The number of carbonyl (C=O) groups is 2. The second-order valence-corrected chi connectivity index (χ2v) is 5.19. The van der Waals surface area contributed by atoms with Crippen molar-refractivity contribution < 1.29 is 24.2 Å². The molecule has 0 aromatic heterocycles. The summed E-state index contributed by atoms with van der Waals surface area (Å²) in [6.45, 7) is 5.67. The number of amides is 1. The van der Waals surface area contributed by atoms with E-state index in [-0.39, 0.29) is 12.3 Å². The van der Waals surface area contributed by atoms with Crippen molar-refractivity contribution in [2.24, 2.45) is 5.41 Å². The molecule has 6 nitrogen and oxygen atoms in total. The van der Waals surface area contributed by atoms with Gasteiger partial charge in [0.05, 0.1) is 12.0 Å². The van der Waals surface area contributed by atoms with Gasteiger partial charge < -0.3 is 19.5 Å². The first kappa shape index (κ1) is 19.9. The molecule has 6 heteroatoms. The Hall–Kier alpha value is -1.14. The Morgan fingerprint density at radius 3 is 2.05 bits per heavy atom. The monoisotopic (exact) mass is 303 g/mol. The molecule has 0 aliphatic heterocycles. The van der Waals surface area contributed by atoms with Crippen molar-refractivity contribution in [2.45, 2.75) is 39.5 Å². The highest BCUT2D eigenvalue weighted by Gasteiger charge is 2.38. The quantitative estimate of drug-likeness (QED) is 0.556. The van der Waals surface area contributed by atoms with Gasteiger partial charge in [-0.25, -0.2) is 0 Å². The van der Waals surface area contributed by atoms with Crippen molar-refractivity contribution in [2.75, 3.05) is 40.5 Å². The lowest BCUT2D eigenvalue weighted by Gasteiger charge is -2.30. The molecule has 0 aliphatic carbocycles.